The van der Waals surface area contributed by atoms with Crippen molar-refractivity contribution in [3.8, 4) is 0 Å². The molecule has 0 saturated carbocycles. The van der Waals surface area contributed by atoms with Gasteiger partial charge < -0.3 is 4.90 Å². The number of nitrogens with zero attached hydrogens (tertiary/aromatic N) is 3. The summed E-state index contributed by atoms with van der Waals surface area (Å²) >= 11 is 0. The minimum absolute atomic E-state index is 0.125. The Hall–Kier alpha value is -2.26. The molecule has 0 fully saturated rings. The quantitative estimate of drug-likeness (QED) is 0.447. The van der Waals surface area contributed by atoms with Crippen molar-refractivity contribution in [1.29, 1.82) is 0 Å². The van der Waals surface area contributed by atoms with Crippen LogP contribution in [-0.2, 0) is 6.42 Å². The summed E-state index contributed by atoms with van der Waals surface area (Å²) in [4.78, 5) is 9.03. The third kappa shape index (κ3) is 4.18. The number of benzene rings is 1. The molecule has 1 heterocycles. The first kappa shape index (κ1) is 18.1. The van der Waals surface area contributed by atoms with Gasteiger partial charge >= 0.3 is 5.82 Å². The number of unbranched alkanes of at least 4 members (excludes halogenated alkanes) is 4. The zero-order valence-electron chi connectivity index (χ0n) is 15.1. The molecule has 0 amide bonds. The normalized spacial score (nSPS) is 14.6. The van der Waals surface area contributed by atoms with E-state index in [0.717, 1.165) is 18.5 Å². The Balaban J connectivity index is 2.13. The van der Waals surface area contributed by atoms with Crippen LogP contribution in [0.2, 0.25) is 0 Å². The molecule has 0 unspecified atom stereocenters. The van der Waals surface area contributed by atoms with Gasteiger partial charge in [0, 0.05) is 23.8 Å². The van der Waals surface area contributed by atoms with Crippen LogP contribution < -0.4 is 4.90 Å². The van der Waals surface area contributed by atoms with Crippen LogP contribution in [0.4, 0.5) is 5.69 Å². The second-order valence-corrected chi connectivity index (χ2v) is 7.17. The average Bonchev–Trinajstić information content (AvgIpc) is 2.81. The molecule has 24 heavy (non-hydrogen) atoms. The predicted octanol–water partition coefficient (Wildman–Crippen LogP) is 5.94. The molecule has 3 heteroatoms. The highest BCUT2D eigenvalue weighted by molar-refractivity contribution is 5.67. The summed E-state index contributed by atoms with van der Waals surface area (Å²) in [6.07, 6.45) is 9.19. The first-order valence-corrected chi connectivity index (χ1v) is 8.89. The SMILES string of the molecule is [C-]#[N+]C(=Cc1ccc2c(c1)CC(C)(C)N2CCCCCCC)[N+]#[C-]. The second-order valence-electron chi connectivity index (χ2n) is 7.17. The van der Waals surface area contributed by atoms with Gasteiger partial charge in [-0.2, -0.15) is 9.69 Å². The van der Waals surface area contributed by atoms with Crippen LogP contribution in [0.1, 0.15) is 64.0 Å². The van der Waals surface area contributed by atoms with Gasteiger partial charge in [0.2, 0.25) is 0 Å². The molecular formula is C21H27N3. The highest BCUT2D eigenvalue weighted by Crippen LogP contribution is 2.39. The molecule has 0 N–H and O–H groups in total. The smallest absolute Gasteiger partial charge is 0.366 e. The van der Waals surface area contributed by atoms with Crippen LogP contribution in [0.15, 0.2) is 24.0 Å². The summed E-state index contributed by atoms with van der Waals surface area (Å²) < 4.78 is 0. The summed E-state index contributed by atoms with van der Waals surface area (Å²) in [5.74, 6) is 0.125. The maximum absolute atomic E-state index is 7.02. The minimum atomic E-state index is 0.125. The van der Waals surface area contributed by atoms with Gasteiger partial charge in [-0.3, -0.25) is 0 Å². The van der Waals surface area contributed by atoms with Crippen molar-refractivity contribution in [3.05, 3.63) is 58.0 Å². The fraction of sp³-hybridized carbons (Fsp3) is 0.524. The fourth-order valence-corrected chi connectivity index (χ4v) is 3.52. The topological polar surface area (TPSA) is 12.0 Å². The monoisotopic (exact) mass is 321 g/mol. The Morgan fingerprint density at radius 1 is 1.17 bits per heavy atom. The van der Waals surface area contributed by atoms with Gasteiger partial charge in [-0.05, 0) is 43.9 Å². The van der Waals surface area contributed by atoms with Crippen LogP contribution in [0, 0.1) is 13.1 Å². The third-order valence-electron chi connectivity index (χ3n) is 4.76. The molecule has 0 spiro atoms. The van der Waals surface area contributed by atoms with Crippen molar-refractivity contribution in [2.24, 2.45) is 0 Å². The van der Waals surface area contributed by atoms with Gasteiger partial charge in [0.15, 0.2) is 0 Å². The van der Waals surface area contributed by atoms with Gasteiger partial charge in [-0.1, -0.05) is 44.7 Å². The molecule has 2 rings (SSSR count). The van der Waals surface area contributed by atoms with Crippen molar-refractivity contribution >= 4 is 11.8 Å². The summed E-state index contributed by atoms with van der Waals surface area (Å²) in [5.41, 5.74) is 3.74. The summed E-state index contributed by atoms with van der Waals surface area (Å²) in [5, 5.41) is 0. The van der Waals surface area contributed by atoms with E-state index in [1.807, 2.05) is 6.07 Å². The molecule has 1 aromatic rings. The van der Waals surface area contributed by atoms with E-state index in [-0.39, 0.29) is 11.4 Å². The second kappa shape index (κ2) is 8.02. The molecule has 1 aromatic carbocycles. The maximum atomic E-state index is 7.02. The fourth-order valence-electron chi connectivity index (χ4n) is 3.52. The Labute approximate surface area is 146 Å². The molecule has 0 radical (unpaired) electrons. The largest absolute Gasteiger partial charge is 0.519 e. The van der Waals surface area contributed by atoms with Gasteiger partial charge in [0.25, 0.3) is 0 Å². The zero-order chi connectivity index (χ0) is 17.6. The standard InChI is InChI=1S/C21H27N3/c1-6-7-8-9-10-13-24-19-12-11-17(15-20(22-4)23-5)14-18(19)16-21(24,2)3/h11-12,14-15H,6-10,13,16H2,1-3H3. The van der Waals surface area contributed by atoms with Crippen LogP contribution in [0.3, 0.4) is 0 Å². The van der Waals surface area contributed by atoms with Gasteiger partial charge in [0.1, 0.15) is 13.1 Å². The van der Waals surface area contributed by atoms with Crippen LogP contribution in [0.25, 0.3) is 15.8 Å². The lowest BCUT2D eigenvalue weighted by molar-refractivity contribution is 0.473. The molecule has 3 nitrogen and oxygen atoms in total. The maximum Gasteiger partial charge on any atom is 0.519 e. The summed E-state index contributed by atoms with van der Waals surface area (Å²) in [7, 11) is 0. The lowest BCUT2D eigenvalue weighted by atomic mass is 9.98. The first-order valence-electron chi connectivity index (χ1n) is 8.89. The number of fused-ring (bicyclic) bond motifs is 1. The van der Waals surface area contributed by atoms with Crippen molar-refractivity contribution in [1.82, 2.24) is 0 Å². The minimum Gasteiger partial charge on any atom is -0.366 e. The van der Waals surface area contributed by atoms with E-state index in [0.29, 0.717) is 0 Å². The highest BCUT2D eigenvalue weighted by Gasteiger charge is 2.35. The Bertz CT molecular complexity index is 670. The molecule has 0 aliphatic carbocycles. The molecule has 0 bridgehead atoms. The lowest BCUT2D eigenvalue weighted by Crippen LogP contribution is -2.41. The van der Waals surface area contributed by atoms with E-state index >= 15 is 0 Å². The van der Waals surface area contributed by atoms with Gasteiger partial charge in [0.05, 0.1) is 0 Å². The summed E-state index contributed by atoms with van der Waals surface area (Å²) in [6, 6.07) is 6.33. The first-order chi connectivity index (χ1) is 11.5. The van der Waals surface area contributed by atoms with E-state index in [1.54, 1.807) is 6.08 Å². The van der Waals surface area contributed by atoms with Crippen molar-refractivity contribution < 1.29 is 0 Å². The van der Waals surface area contributed by atoms with E-state index in [1.165, 1.54) is 43.4 Å². The van der Waals surface area contributed by atoms with E-state index in [9.17, 15) is 0 Å². The van der Waals surface area contributed by atoms with Crippen molar-refractivity contribution in [3.63, 3.8) is 0 Å². The Morgan fingerprint density at radius 3 is 2.54 bits per heavy atom. The molecular weight excluding hydrogens is 294 g/mol. The van der Waals surface area contributed by atoms with Crippen LogP contribution in [-0.4, -0.2) is 12.1 Å². The van der Waals surface area contributed by atoms with Crippen LogP contribution in [0.5, 0.6) is 0 Å². The van der Waals surface area contributed by atoms with Crippen molar-refractivity contribution in [2.45, 2.75) is 64.8 Å². The predicted molar refractivity (Wildman–Crippen MR) is 102 cm³/mol. The van der Waals surface area contributed by atoms with Crippen LogP contribution >= 0.6 is 0 Å². The number of hydrogen-bond acceptors (Lipinski definition) is 1. The number of rotatable bonds is 7. The Kier molecular flexibility index (Phi) is 6.04. The Morgan fingerprint density at radius 2 is 1.88 bits per heavy atom. The lowest BCUT2D eigenvalue weighted by Gasteiger charge is -2.34. The molecule has 0 atom stereocenters. The molecule has 126 valence electrons. The van der Waals surface area contributed by atoms with Gasteiger partial charge in [-0.15, -0.1) is 0 Å². The number of hydrogen-bond donors (Lipinski definition) is 0. The molecule has 1 aliphatic rings. The zero-order valence-corrected chi connectivity index (χ0v) is 15.1. The summed E-state index contributed by atoms with van der Waals surface area (Å²) in [6.45, 7) is 22.0. The molecule has 0 aromatic heterocycles. The van der Waals surface area contributed by atoms with Crippen molar-refractivity contribution in [2.75, 3.05) is 11.4 Å². The third-order valence-corrected chi connectivity index (χ3v) is 4.76. The average molecular weight is 321 g/mol. The molecule has 0 saturated heterocycles. The van der Waals surface area contributed by atoms with Gasteiger partial charge in [-0.25, -0.2) is 0 Å². The highest BCUT2D eigenvalue weighted by atomic mass is 15.2. The van der Waals surface area contributed by atoms with E-state index < -0.39 is 0 Å². The van der Waals surface area contributed by atoms with E-state index in [4.69, 9.17) is 13.1 Å². The number of anilines is 1. The van der Waals surface area contributed by atoms with E-state index in [2.05, 4.69) is 47.5 Å². The molecule has 1 aliphatic heterocycles.